The van der Waals surface area contributed by atoms with Gasteiger partial charge in [-0.25, -0.2) is 9.58 Å². The van der Waals surface area contributed by atoms with E-state index in [4.69, 9.17) is 0 Å². The number of carbonyl (C=O) groups excluding carboxylic acids is 2. The number of para-hydroxylation sites is 1. The molecule has 0 bridgehead atoms. The number of nitrogens with zero attached hydrogens (tertiary/aromatic N) is 3. The highest BCUT2D eigenvalue weighted by atomic mass is 16.2. The number of nitrogens with one attached hydrogen (secondary N) is 1. The lowest BCUT2D eigenvalue weighted by Crippen LogP contribution is -2.40. The third kappa shape index (κ3) is 4.02. The Bertz CT molecular complexity index is 1640. The number of H-pyrrole nitrogens is 1. The van der Waals surface area contributed by atoms with Gasteiger partial charge in [-0.05, 0) is 62.1 Å². The van der Waals surface area contributed by atoms with Crippen LogP contribution in [0.3, 0.4) is 0 Å². The second-order valence-electron chi connectivity index (χ2n) is 9.76. The first kappa shape index (κ1) is 24.2. The molecule has 1 N–H and O–H groups in total. The molecule has 0 radical (unpaired) electrons. The van der Waals surface area contributed by atoms with Gasteiger partial charge in [0.1, 0.15) is 5.57 Å². The lowest BCUT2D eigenvalue weighted by Gasteiger charge is -2.14. The number of aryl methyl sites for hydroxylation is 3. The number of hydrogen-bond donors (Lipinski definition) is 1. The van der Waals surface area contributed by atoms with E-state index in [9.17, 15) is 14.4 Å². The van der Waals surface area contributed by atoms with Gasteiger partial charge in [-0.3, -0.25) is 19.5 Å². The van der Waals surface area contributed by atoms with E-state index in [1.807, 2.05) is 89.3 Å². The number of amides is 2. The molecule has 37 heavy (non-hydrogen) atoms. The molecule has 2 aromatic carbocycles. The van der Waals surface area contributed by atoms with Crippen molar-refractivity contribution in [3.05, 3.63) is 111 Å². The summed E-state index contributed by atoms with van der Waals surface area (Å²) in [7, 11) is 0. The monoisotopic (exact) mass is 493 g/mol. The summed E-state index contributed by atoms with van der Waals surface area (Å²) in [5.41, 5.74) is 4.75. The second-order valence-corrected chi connectivity index (χ2v) is 9.76. The van der Waals surface area contributed by atoms with Gasteiger partial charge in [-0.15, -0.1) is 0 Å². The van der Waals surface area contributed by atoms with Crippen LogP contribution in [0.25, 0.3) is 17.0 Å². The van der Waals surface area contributed by atoms with Crippen LogP contribution in [0.15, 0.2) is 77.9 Å². The fourth-order valence-corrected chi connectivity index (χ4v) is 4.67. The van der Waals surface area contributed by atoms with Crippen molar-refractivity contribution in [1.82, 2.24) is 9.78 Å². The van der Waals surface area contributed by atoms with Crippen LogP contribution in [0, 0.1) is 20.8 Å². The SMILES string of the molecule is Cc1cccc(N2C(=O)C(c3c(C(C)C)[nH]n(-c4ccccc4)c3=O)=C([n+]3ccc(C)c(C)c3)C2=O)c1. The highest BCUT2D eigenvalue weighted by Crippen LogP contribution is 2.35. The van der Waals surface area contributed by atoms with Gasteiger partial charge < -0.3 is 0 Å². The predicted molar refractivity (Wildman–Crippen MR) is 143 cm³/mol. The van der Waals surface area contributed by atoms with Crippen LogP contribution in [-0.4, -0.2) is 21.6 Å². The molecule has 4 aromatic rings. The van der Waals surface area contributed by atoms with Crippen molar-refractivity contribution in [2.45, 2.75) is 40.5 Å². The molecule has 1 aliphatic heterocycles. The van der Waals surface area contributed by atoms with Crippen molar-refractivity contribution < 1.29 is 14.2 Å². The van der Waals surface area contributed by atoms with Gasteiger partial charge in [0.25, 0.3) is 17.2 Å². The number of rotatable bonds is 5. The maximum Gasteiger partial charge on any atom is 0.331 e. The minimum absolute atomic E-state index is 0.0967. The Hall–Kier alpha value is -4.52. The van der Waals surface area contributed by atoms with Crippen LogP contribution in [0.4, 0.5) is 5.69 Å². The molecule has 1 aliphatic rings. The number of anilines is 1. The Morgan fingerprint density at radius 2 is 1.51 bits per heavy atom. The number of aromatic nitrogens is 3. The maximum atomic E-state index is 14.1. The van der Waals surface area contributed by atoms with Crippen molar-refractivity contribution in [1.29, 1.82) is 0 Å². The van der Waals surface area contributed by atoms with Crippen molar-refractivity contribution in [3.8, 4) is 5.69 Å². The van der Waals surface area contributed by atoms with Crippen LogP contribution in [0.1, 0.15) is 47.7 Å². The van der Waals surface area contributed by atoms with Crippen LogP contribution in [0.5, 0.6) is 0 Å². The third-order valence-corrected chi connectivity index (χ3v) is 6.78. The lowest BCUT2D eigenvalue weighted by atomic mass is 9.98. The van der Waals surface area contributed by atoms with Crippen LogP contribution in [-0.2, 0) is 9.59 Å². The Morgan fingerprint density at radius 3 is 2.16 bits per heavy atom. The third-order valence-electron chi connectivity index (χ3n) is 6.78. The van der Waals surface area contributed by atoms with Gasteiger partial charge >= 0.3 is 5.91 Å². The lowest BCUT2D eigenvalue weighted by molar-refractivity contribution is -0.577. The molecular weight excluding hydrogens is 464 g/mol. The highest BCUT2D eigenvalue weighted by Gasteiger charge is 2.48. The largest absolute Gasteiger partial charge is 0.331 e. The normalized spacial score (nSPS) is 13.8. The number of hydrogen-bond acceptors (Lipinski definition) is 3. The first-order valence-corrected chi connectivity index (χ1v) is 12.3. The van der Waals surface area contributed by atoms with Gasteiger partial charge in [0, 0.05) is 17.3 Å². The molecule has 7 nitrogen and oxygen atoms in total. The Morgan fingerprint density at radius 1 is 0.811 bits per heavy atom. The molecule has 2 amide bonds. The van der Waals surface area contributed by atoms with Crippen LogP contribution >= 0.6 is 0 Å². The zero-order chi connectivity index (χ0) is 26.4. The molecule has 7 heteroatoms. The van der Waals surface area contributed by atoms with Gasteiger partial charge in [-0.2, -0.15) is 4.57 Å². The van der Waals surface area contributed by atoms with Crippen LogP contribution in [0.2, 0.25) is 0 Å². The Labute approximate surface area is 215 Å². The summed E-state index contributed by atoms with van der Waals surface area (Å²) in [6.45, 7) is 9.74. The van der Waals surface area contributed by atoms with Crippen molar-refractivity contribution in [3.63, 3.8) is 0 Å². The minimum atomic E-state index is -0.519. The topological polar surface area (TPSA) is 79.1 Å². The van der Waals surface area contributed by atoms with Crippen LogP contribution < -0.4 is 15.0 Å². The standard InChI is InChI=1S/C30H28N4O3/c1-18(2)26-24(29(36)34(31-26)22-11-7-6-8-12-22)25-27(32-15-14-20(4)21(5)17-32)30(37)33(28(25)35)23-13-9-10-19(3)16-23/h6-18H,1-5H3/p+1. The second kappa shape index (κ2) is 9.17. The molecule has 0 unspecified atom stereocenters. The zero-order valence-corrected chi connectivity index (χ0v) is 21.6. The number of pyridine rings is 1. The number of aromatic amines is 1. The summed E-state index contributed by atoms with van der Waals surface area (Å²) >= 11 is 0. The van der Waals surface area contributed by atoms with Gasteiger partial charge in [0.15, 0.2) is 12.4 Å². The molecule has 2 aromatic heterocycles. The summed E-state index contributed by atoms with van der Waals surface area (Å²) in [5, 5.41) is 3.21. The van der Waals surface area contributed by atoms with E-state index in [0.29, 0.717) is 17.1 Å². The maximum absolute atomic E-state index is 14.1. The van der Waals surface area contributed by atoms with E-state index in [-0.39, 0.29) is 28.3 Å². The van der Waals surface area contributed by atoms with Crippen molar-refractivity contribution >= 4 is 28.8 Å². The average Bonchev–Trinajstić information content (AvgIpc) is 3.34. The van der Waals surface area contributed by atoms with Crippen molar-refractivity contribution in [2.75, 3.05) is 4.90 Å². The molecule has 0 saturated heterocycles. The van der Waals surface area contributed by atoms with Gasteiger partial charge in [0.2, 0.25) is 0 Å². The quantitative estimate of drug-likeness (QED) is 0.330. The van der Waals surface area contributed by atoms with E-state index in [0.717, 1.165) is 16.7 Å². The van der Waals surface area contributed by atoms with Gasteiger partial charge in [0.05, 0.1) is 16.9 Å². The Kier molecular flexibility index (Phi) is 5.99. The highest BCUT2D eigenvalue weighted by molar-refractivity contribution is 6.53. The first-order valence-electron chi connectivity index (χ1n) is 12.3. The molecule has 0 atom stereocenters. The average molecular weight is 494 g/mol. The summed E-state index contributed by atoms with van der Waals surface area (Å²) < 4.78 is 3.10. The van der Waals surface area contributed by atoms with E-state index < -0.39 is 11.8 Å². The molecule has 0 fully saturated rings. The summed E-state index contributed by atoms with van der Waals surface area (Å²) in [6, 6.07) is 18.3. The van der Waals surface area contributed by atoms with Crippen molar-refractivity contribution in [2.24, 2.45) is 0 Å². The zero-order valence-electron chi connectivity index (χ0n) is 21.6. The number of benzene rings is 2. The molecule has 3 heterocycles. The molecule has 0 saturated carbocycles. The number of carbonyl (C=O) groups is 2. The minimum Gasteiger partial charge on any atom is -0.294 e. The van der Waals surface area contributed by atoms with E-state index in [2.05, 4.69) is 5.10 Å². The fraction of sp³-hybridized carbons (Fsp3) is 0.200. The summed E-state index contributed by atoms with van der Waals surface area (Å²) in [5.74, 6) is -1.10. The smallest absolute Gasteiger partial charge is 0.294 e. The van der Waals surface area contributed by atoms with Gasteiger partial charge in [-0.1, -0.05) is 44.2 Å². The van der Waals surface area contributed by atoms with E-state index >= 15 is 0 Å². The fourth-order valence-electron chi connectivity index (χ4n) is 4.67. The Balaban J connectivity index is 1.82. The molecule has 5 rings (SSSR count). The summed E-state index contributed by atoms with van der Waals surface area (Å²) in [6.07, 6.45) is 3.59. The molecular formula is C30H29N4O3+. The molecule has 186 valence electrons. The molecule has 0 aliphatic carbocycles. The molecule has 0 spiro atoms. The predicted octanol–water partition coefficient (Wildman–Crippen LogP) is 4.44. The summed E-state index contributed by atoms with van der Waals surface area (Å²) in [4.78, 5) is 43.2. The van der Waals surface area contributed by atoms with E-state index in [1.165, 1.54) is 9.58 Å². The number of imide groups is 1. The van der Waals surface area contributed by atoms with E-state index in [1.54, 1.807) is 22.9 Å². The first-order chi connectivity index (χ1) is 17.7.